The normalized spacial score (nSPS) is 22.1. The number of piperazine rings is 1. The Bertz CT molecular complexity index is 1180. The Morgan fingerprint density at radius 1 is 0.968 bits per heavy atom. The zero-order valence-corrected chi connectivity index (χ0v) is 17.6. The third kappa shape index (κ3) is 3.31. The van der Waals surface area contributed by atoms with Crippen molar-refractivity contribution in [3.05, 3.63) is 53.0 Å². The van der Waals surface area contributed by atoms with Crippen LogP contribution >= 0.6 is 11.3 Å². The van der Waals surface area contributed by atoms with Gasteiger partial charge >= 0.3 is 0 Å². The average molecular weight is 436 g/mol. The molecule has 3 aliphatic rings. The highest BCUT2D eigenvalue weighted by Gasteiger charge is 2.46. The van der Waals surface area contributed by atoms with Gasteiger partial charge in [0, 0.05) is 37.7 Å². The van der Waals surface area contributed by atoms with Gasteiger partial charge in [0.05, 0.1) is 15.7 Å². The number of benzene rings is 2. The Morgan fingerprint density at radius 2 is 1.77 bits per heavy atom. The van der Waals surface area contributed by atoms with Crippen molar-refractivity contribution in [3.63, 3.8) is 0 Å². The number of aromatic nitrogens is 1. The standard InChI is InChI=1S/C23H21N3O4S/c27-22(15-1-3-18-21(10-15)31-12-24-18)25-5-7-26(8-6-25)23(28)17-11-16(17)14-2-4-19-20(9-14)30-13-29-19/h1-4,9-10,12,16-17H,5-8,11,13H2. The minimum absolute atomic E-state index is 0.0204. The second-order valence-corrected chi connectivity index (χ2v) is 9.10. The second-order valence-electron chi connectivity index (χ2n) is 8.21. The van der Waals surface area contributed by atoms with Gasteiger partial charge in [-0.25, -0.2) is 4.98 Å². The lowest BCUT2D eigenvalue weighted by molar-refractivity contribution is -0.134. The molecular formula is C23H21N3O4S. The van der Waals surface area contributed by atoms with Gasteiger partial charge in [-0.3, -0.25) is 9.59 Å². The smallest absolute Gasteiger partial charge is 0.254 e. The average Bonchev–Trinajstić information content (AvgIpc) is 3.23. The van der Waals surface area contributed by atoms with Crippen LogP contribution in [0, 0.1) is 5.92 Å². The quantitative estimate of drug-likeness (QED) is 0.632. The van der Waals surface area contributed by atoms with Crippen LogP contribution in [-0.4, -0.2) is 59.6 Å². The van der Waals surface area contributed by atoms with Crippen molar-refractivity contribution in [2.45, 2.75) is 12.3 Å². The van der Waals surface area contributed by atoms with Crippen LogP contribution in [0.1, 0.15) is 28.3 Å². The molecule has 2 amide bonds. The zero-order valence-electron chi connectivity index (χ0n) is 16.8. The molecule has 0 bridgehead atoms. The number of hydrogen-bond acceptors (Lipinski definition) is 6. The van der Waals surface area contributed by atoms with Crippen molar-refractivity contribution < 1.29 is 19.1 Å². The summed E-state index contributed by atoms with van der Waals surface area (Å²) in [4.78, 5) is 33.9. The minimum Gasteiger partial charge on any atom is -0.454 e. The van der Waals surface area contributed by atoms with Gasteiger partial charge in [0.25, 0.3) is 5.91 Å². The molecule has 6 rings (SSSR count). The van der Waals surface area contributed by atoms with Crippen molar-refractivity contribution in [1.82, 2.24) is 14.8 Å². The van der Waals surface area contributed by atoms with Gasteiger partial charge in [-0.1, -0.05) is 6.07 Å². The lowest BCUT2D eigenvalue weighted by Gasteiger charge is -2.35. The Hall–Kier alpha value is -3.13. The van der Waals surface area contributed by atoms with Crippen LogP contribution in [0.4, 0.5) is 0 Å². The summed E-state index contributed by atoms with van der Waals surface area (Å²) in [6.07, 6.45) is 0.868. The molecule has 2 unspecified atom stereocenters. The number of amides is 2. The topological polar surface area (TPSA) is 72.0 Å². The maximum Gasteiger partial charge on any atom is 0.254 e. The number of rotatable bonds is 3. The molecule has 2 aliphatic heterocycles. The van der Waals surface area contributed by atoms with Crippen molar-refractivity contribution in [1.29, 1.82) is 0 Å². The molecule has 1 aliphatic carbocycles. The summed E-state index contributed by atoms with van der Waals surface area (Å²) in [5, 5.41) is 0. The molecule has 3 heterocycles. The van der Waals surface area contributed by atoms with Crippen LogP contribution in [0.3, 0.4) is 0 Å². The van der Waals surface area contributed by atoms with Crippen LogP contribution in [0.5, 0.6) is 11.5 Å². The van der Waals surface area contributed by atoms with Crippen molar-refractivity contribution in [3.8, 4) is 11.5 Å². The first-order valence-corrected chi connectivity index (χ1v) is 11.4. The predicted molar refractivity (Wildman–Crippen MR) is 116 cm³/mol. The zero-order chi connectivity index (χ0) is 20.9. The van der Waals surface area contributed by atoms with Crippen LogP contribution < -0.4 is 9.47 Å². The summed E-state index contributed by atoms with van der Waals surface area (Å²) < 4.78 is 11.8. The van der Waals surface area contributed by atoms with Gasteiger partial charge in [0.15, 0.2) is 11.5 Å². The van der Waals surface area contributed by atoms with Gasteiger partial charge in [-0.05, 0) is 48.2 Å². The monoisotopic (exact) mass is 435 g/mol. The van der Waals surface area contributed by atoms with Gasteiger partial charge < -0.3 is 19.3 Å². The third-order valence-corrected chi connectivity index (χ3v) is 7.18. The van der Waals surface area contributed by atoms with E-state index in [2.05, 4.69) is 4.98 Å². The van der Waals surface area contributed by atoms with E-state index in [1.54, 1.807) is 5.51 Å². The highest BCUT2D eigenvalue weighted by Crippen LogP contribution is 2.50. The first-order chi connectivity index (χ1) is 15.2. The molecule has 0 N–H and O–H groups in total. The van der Waals surface area contributed by atoms with E-state index in [1.165, 1.54) is 11.3 Å². The molecule has 1 saturated heterocycles. The molecule has 8 heteroatoms. The first kappa shape index (κ1) is 18.6. The maximum atomic E-state index is 13.0. The lowest BCUT2D eigenvalue weighted by atomic mass is 10.1. The van der Waals surface area contributed by atoms with E-state index in [1.807, 2.05) is 46.2 Å². The van der Waals surface area contributed by atoms with E-state index in [0.29, 0.717) is 31.7 Å². The fourth-order valence-electron chi connectivity index (χ4n) is 4.52. The van der Waals surface area contributed by atoms with Gasteiger partial charge in [-0.15, -0.1) is 11.3 Å². The number of nitrogens with zero attached hydrogens (tertiary/aromatic N) is 3. The van der Waals surface area contributed by atoms with E-state index in [9.17, 15) is 9.59 Å². The summed E-state index contributed by atoms with van der Waals surface area (Å²) in [6, 6.07) is 11.6. The number of fused-ring (bicyclic) bond motifs is 2. The predicted octanol–water partition coefficient (Wildman–Crippen LogP) is 3.11. The molecule has 1 saturated carbocycles. The molecule has 1 aromatic heterocycles. The Kier molecular flexibility index (Phi) is 4.34. The lowest BCUT2D eigenvalue weighted by Crippen LogP contribution is -2.51. The Balaban J connectivity index is 1.07. The van der Waals surface area contributed by atoms with E-state index >= 15 is 0 Å². The molecule has 0 radical (unpaired) electrons. The van der Waals surface area contributed by atoms with Crippen molar-refractivity contribution >= 4 is 33.4 Å². The summed E-state index contributed by atoms with van der Waals surface area (Å²) >= 11 is 1.54. The maximum absolute atomic E-state index is 13.0. The SMILES string of the molecule is O=C(c1ccc2ncsc2c1)N1CCN(C(=O)C2CC2c2ccc3c(c2)OCO3)CC1. The molecule has 0 spiro atoms. The summed E-state index contributed by atoms with van der Waals surface area (Å²) in [5.74, 6) is 2.01. The van der Waals surface area contributed by atoms with Gasteiger partial charge in [0.1, 0.15) is 0 Å². The fourth-order valence-corrected chi connectivity index (χ4v) is 5.23. The Labute approximate surface area is 183 Å². The van der Waals surface area contributed by atoms with Crippen LogP contribution in [0.2, 0.25) is 0 Å². The summed E-state index contributed by atoms with van der Waals surface area (Å²) in [5.41, 5.74) is 4.52. The minimum atomic E-state index is 0.0204. The third-order valence-electron chi connectivity index (χ3n) is 6.39. The van der Waals surface area contributed by atoms with E-state index in [0.717, 1.165) is 33.7 Å². The van der Waals surface area contributed by atoms with Crippen molar-refractivity contribution in [2.24, 2.45) is 5.92 Å². The largest absolute Gasteiger partial charge is 0.454 e. The fraction of sp³-hybridized carbons (Fsp3) is 0.348. The van der Waals surface area contributed by atoms with Gasteiger partial charge in [-0.2, -0.15) is 0 Å². The summed E-state index contributed by atoms with van der Waals surface area (Å²) in [6.45, 7) is 2.54. The molecule has 7 nitrogen and oxygen atoms in total. The molecular weight excluding hydrogens is 414 g/mol. The van der Waals surface area contributed by atoms with E-state index < -0.39 is 0 Å². The number of ether oxygens (including phenoxy) is 2. The first-order valence-electron chi connectivity index (χ1n) is 10.5. The highest BCUT2D eigenvalue weighted by molar-refractivity contribution is 7.16. The number of thiazole rings is 1. The Morgan fingerprint density at radius 3 is 2.65 bits per heavy atom. The molecule has 31 heavy (non-hydrogen) atoms. The molecule has 2 aromatic carbocycles. The second kappa shape index (κ2) is 7.23. The number of carbonyl (C=O) groups is 2. The number of carbonyl (C=O) groups excluding carboxylic acids is 2. The number of hydrogen-bond donors (Lipinski definition) is 0. The summed E-state index contributed by atoms with van der Waals surface area (Å²) in [7, 11) is 0. The van der Waals surface area contributed by atoms with Crippen LogP contribution in [-0.2, 0) is 4.79 Å². The van der Waals surface area contributed by atoms with Crippen LogP contribution in [0.15, 0.2) is 41.9 Å². The highest BCUT2D eigenvalue weighted by atomic mass is 32.1. The molecule has 2 fully saturated rings. The van der Waals surface area contributed by atoms with Crippen molar-refractivity contribution in [2.75, 3.05) is 33.0 Å². The molecule has 3 aromatic rings. The molecule has 2 atom stereocenters. The van der Waals surface area contributed by atoms with Crippen LogP contribution in [0.25, 0.3) is 10.2 Å². The van der Waals surface area contributed by atoms with E-state index in [4.69, 9.17) is 9.47 Å². The van der Waals surface area contributed by atoms with Gasteiger partial charge in [0.2, 0.25) is 12.7 Å². The molecule has 158 valence electrons. The van der Waals surface area contributed by atoms with E-state index in [-0.39, 0.29) is 30.4 Å².